The third kappa shape index (κ3) is 5.13. The molecule has 7 nitrogen and oxygen atoms in total. The number of thioether (sulfide) groups is 1. The van der Waals surface area contributed by atoms with Gasteiger partial charge in [0.1, 0.15) is 5.78 Å². The summed E-state index contributed by atoms with van der Waals surface area (Å²) in [5, 5.41) is 2.11. The second kappa shape index (κ2) is 8.14. The molecular formula is C13H21N3O4S. The minimum atomic E-state index is -0.623. The maximum Gasteiger partial charge on any atom is 0.242 e. The number of carbonyl (C=O) groups is 4. The van der Waals surface area contributed by atoms with E-state index in [4.69, 9.17) is 5.73 Å². The Bertz CT molecular complexity index is 441. The average Bonchev–Trinajstić information content (AvgIpc) is 2.68. The van der Waals surface area contributed by atoms with Crippen LogP contribution in [0.15, 0.2) is 0 Å². The molecule has 3 amide bonds. The van der Waals surface area contributed by atoms with Crippen LogP contribution in [0.3, 0.4) is 0 Å². The molecule has 0 aliphatic carbocycles. The number of carbonyl (C=O) groups excluding carboxylic acids is 4. The predicted octanol–water partition coefficient (Wildman–Crippen LogP) is -0.710. The first-order valence-corrected chi connectivity index (χ1v) is 7.90. The van der Waals surface area contributed by atoms with Crippen LogP contribution in [0.5, 0.6) is 0 Å². The summed E-state index contributed by atoms with van der Waals surface area (Å²) in [7, 11) is 0. The van der Waals surface area contributed by atoms with Gasteiger partial charge >= 0.3 is 0 Å². The Morgan fingerprint density at radius 1 is 1.48 bits per heavy atom. The van der Waals surface area contributed by atoms with Gasteiger partial charge in [-0.1, -0.05) is 0 Å². The van der Waals surface area contributed by atoms with Gasteiger partial charge in [0.25, 0.3) is 0 Å². The molecule has 0 bridgehead atoms. The van der Waals surface area contributed by atoms with Crippen molar-refractivity contribution in [3.63, 3.8) is 0 Å². The zero-order valence-corrected chi connectivity index (χ0v) is 13.1. The van der Waals surface area contributed by atoms with E-state index < -0.39 is 11.3 Å². The van der Waals surface area contributed by atoms with Crippen molar-refractivity contribution >= 4 is 35.3 Å². The Morgan fingerprint density at radius 2 is 2.14 bits per heavy atom. The van der Waals surface area contributed by atoms with Crippen LogP contribution in [0.2, 0.25) is 0 Å². The zero-order valence-electron chi connectivity index (χ0n) is 12.3. The van der Waals surface area contributed by atoms with E-state index in [0.29, 0.717) is 12.3 Å². The monoisotopic (exact) mass is 315 g/mol. The second-order valence-electron chi connectivity index (χ2n) is 4.83. The van der Waals surface area contributed by atoms with Crippen LogP contribution in [-0.2, 0) is 19.2 Å². The lowest BCUT2D eigenvalue weighted by Gasteiger charge is -2.15. The Labute approximate surface area is 128 Å². The molecule has 118 valence electrons. The Hall–Kier alpha value is -1.41. The highest BCUT2D eigenvalue weighted by atomic mass is 32.2. The van der Waals surface area contributed by atoms with Gasteiger partial charge in [0.15, 0.2) is 0 Å². The topological polar surface area (TPSA) is 110 Å². The molecule has 1 aliphatic heterocycles. The maximum atomic E-state index is 12.1. The smallest absolute Gasteiger partial charge is 0.242 e. The highest BCUT2D eigenvalue weighted by Gasteiger charge is 2.38. The average molecular weight is 315 g/mol. The standard InChI is InChI=1S/C13H21N3O4S/c1-3-15-11(18)4-5-16-12(19)6-10(13(16)20)21-7-9(14)8(2)17/h9-10H,3-7,14H2,1-2H3,(H,15,18)/t9-,10?/m1/s1. The molecule has 21 heavy (non-hydrogen) atoms. The Morgan fingerprint density at radius 3 is 2.71 bits per heavy atom. The molecule has 1 fully saturated rings. The van der Waals surface area contributed by atoms with Gasteiger partial charge in [0, 0.05) is 31.7 Å². The summed E-state index contributed by atoms with van der Waals surface area (Å²) in [5.41, 5.74) is 5.61. The normalized spacial score (nSPS) is 19.8. The van der Waals surface area contributed by atoms with Crippen molar-refractivity contribution in [3.05, 3.63) is 0 Å². The second-order valence-corrected chi connectivity index (χ2v) is 6.07. The Kier molecular flexibility index (Phi) is 6.83. The number of nitrogens with zero attached hydrogens (tertiary/aromatic N) is 1. The third-order valence-electron chi connectivity index (χ3n) is 3.14. The fraction of sp³-hybridized carbons (Fsp3) is 0.692. The van der Waals surface area contributed by atoms with Crippen LogP contribution >= 0.6 is 11.8 Å². The van der Waals surface area contributed by atoms with Crippen LogP contribution in [0, 0.1) is 0 Å². The van der Waals surface area contributed by atoms with Crippen molar-refractivity contribution in [2.75, 3.05) is 18.8 Å². The highest BCUT2D eigenvalue weighted by Crippen LogP contribution is 2.25. The van der Waals surface area contributed by atoms with Gasteiger partial charge in [0.2, 0.25) is 17.7 Å². The minimum Gasteiger partial charge on any atom is -0.356 e. The maximum absolute atomic E-state index is 12.1. The molecule has 1 unspecified atom stereocenters. The molecule has 1 heterocycles. The summed E-state index contributed by atoms with van der Waals surface area (Å²) in [4.78, 5) is 47.4. The van der Waals surface area contributed by atoms with Crippen molar-refractivity contribution < 1.29 is 19.2 Å². The quantitative estimate of drug-likeness (QED) is 0.573. The molecule has 1 aliphatic rings. The summed E-state index contributed by atoms with van der Waals surface area (Å²) in [6.45, 7) is 3.81. The number of hydrogen-bond donors (Lipinski definition) is 2. The summed E-state index contributed by atoms with van der Waals surface area (Å²) in [5.74, 6) is -0.605. The largest absolute Gasteiger partial charge is 0.356 e. The first-order valence-electron chi connectivity index (χ1n) is 6.85. The predicted molar refractivity (Wildman–Crippen MR) is 79.5 cm³/mol. The molecular weight excluding hydrogens is 294 g/mol. The first-order chi connectivity index (χ1) is 9.86. The number of hydrogen-bond acceptors (Lipinski definition) is 6. The minimum absolute atomic E-state index is 0.0965. The number of likely N-dealkylation sites (tertiary alicyclic amines) is 1. The van der Waals surface area contributed by atoms with Crippen LogP contribution in [0.4, 0.5) is 0 Å². The number of ketones is 1. The number of nitrogens with one attached hydrogen (secondary N) is 1. The number of nitrogens with two attached hydrogens (primary N) is 1. The number of imide groups is 1. The highest BCUT2D eigenvalue weighted by molar-refractivity contribution is 8.00. The summed E-state index contributed by atoms with van der Waals surface area (Å²) < 4.78 is 0. The molecule has 0 aromatic carbocycles. The molecule has 0 aromatic heterocycles. The van der Waals surface area contributed by atoms with Gasteiger partial charge < -0.3 is 11.1 Å². The molecule has 3 N–H and O–H groups in total. The van der Waals surface area contributed by atoms with E-state index in [0.717, 1.165) is 4.90 Å². The van der Waals surface area contributed by atoms with Crippen molar-refractivity contribution in [2.24, 2.45) is 5.73 Å². The van der Waals surface area contributed by atoms with Gasteiger partial charge in [-0.15, -0.1) is 11.8 Å². The van der Waals surface area contributed by atoms with Crippen LogP contribution < -0.4 is 11.1 Å². The van der Waals surface area contributed by atoms with Crippen molar-refractivity contribution in [1.82, 2.24) is 10.2 Å². The molecule has 1 saturated heterocycles. The van der Waals surface area contributed by atoms with Crippen molar-refractivity contribution in [1.29, 1.82) is 0 Å². The fourth-order valence-electron chi connectivity index (χ4n) is 1.85. The molecule has 2 atom stereocenters. The first kappa shape index (κ1) is 17.6. The third-order valence-corrected chi connectivity index (χ3v) is 4.46. The van der Waals surface area contributed by atoms with Gasteiger partial charge in [-0.2, -0.15) is 0 Å². The van der Waals surface area contributed by atoms with E-state index in [9.17, 15) is 19.2 Å². The SMILES string of the molecule is CCNC(=O)CCN1C(=O)CC(SC[C@@H](N)C(C)=O)C1=O. The van der Waals surface area contributed by atoms with Gasteiger partial charge in [-0.3, -0.25) is 24.1 Å². The van der Waals surface area contributed by atoms with E-state index in [2.05, 4.69) is 5.32 Å². The van der Waals surface area contributed by atoms with Crippen molar-refractivity contribution in [2.45, 2.75) is 38.0 Å². The van der Waals surface area contributed by atoms with Gasteiger partial charge in [-0.25, -0.2) is 0 Å². The fourth-order valence-corrected chi connectivity index (χ4v) is 3.06. The molecule has 0 spiro atoms. The zero-order chi connectivity index (χ0) is 16.0. The Balaban J connectivity index is 2.47. The molecule has 0 radical (unpaired) electrons. The molecule has 0 aromatic rings. The van der Waals surface area contributed by atoms with E-state index >= 15 is 0 Å². The van der Waals surface area contributed by atoms with E-state index in [1.165, 1.54) is 18.7 Å². The summed E-state index contributed by atoms with van der Waals surface area (Å²) >= 11 is 1.22. The van der Waals surface area contributed by atoms with Gasteiger partial charge in [0.05, 0.1) is 11.3 Å². The van der Waals surface area contributed by atoms with Crippen LogP contribution in [0.1, 0.15) is 26.7 Å². The molecule has 1 rings (SSSR count). The summed E-state index contributed by atoms with van der Waals surface area (Å²) in [6, 6.07) is -0.623. The lowest BCUT2D eigenvalue weighted by molar-refractivity contribution is -0.138. The van der Waals surface area contributed by atoms with Gasteiger partial charge in [-0.05, 0) is 13.8 Å². The number of rotatable bonds is 8. The lowest BCUT2D eigenvalue weighted by Crippen LogP contribution is -2.36. The van der Waals surface area contributed by atoms with E-state index in [1.807, 2.05) is 0 Å². The van der Waals surface area contributed by atoms with Crippen molar-refractivity contribution in [3.8, 4) is 0 Å². The number of Topliss-reactive ketones (excluding diaryl/α,β-unsaturated/α-hetero) is 1. The van der Waals surface area contributed by atoms with E-state index in [-0.39, 0.29) is 42.9 Å². The van der Waals surface area contributed by atoms with Crippen LogP contribution in [0.25, 0.3) is 0 Å². The van der Waals surface area contributed by atoms with E-state index in [1.54, 1.807) is 6.92 Å². The molecule has 0 saturated carbocycles. The summed E-state index contributed by atoms with van der Waals surface area (Å²) in [6.07, 6.45) is 0.208. The number of amides is 3. The molecule has 8 heteroatoms. The van der Waals surface area contributed by atoms with Crippen LogP contribution in [-0.4, -0.2) is 58.5 Å². The lowest BCUT2D eigenvalue weighted by atomic mass is 10.3.